The van der Waals surface area contributed by atoms with Crippen LogP contribution in [0.3, 0.4) is 0 Å². The van der Waals surface area contributed by atoms with Crippen molar-refractivity contribution < 1.29 is 9.53 Å². The summed E-state index contributed by atoms with van der Waals surface area (Å²) in [5, 5.41) is 2.69. The van der Waals surface area contributed by atoms with Crippen LogP contribution in [-0.4, -0.2) is 44.7 Å². The lowest BCUT2D eigenvalue weighted by atomic mass is 10.3. The summed E-state index contributed by atoms with van der Waals surface area (Å²) in [5.41, 5.74) is 6.01. The minimum absolute atomic E-state index is 0.144. The molecule has 0 saturated heterocycles. The molecule has 6 nitrogen and oxygen atoms in total. The van der Waals surface area contributed by atoms with Crippen LogP contribution in [0.5, 0.6) is 0 Å². The molecule has 0 aliphatic heterocycles. The molecule has 1 amide bonds. The van der Waals surface area contributed by atoms with Crippen LogP contribution in [0.15, 0.2) is 18.3 Å². The molecule has 0 fully saturated rings. The van der Waals surface area contributed by atoms with E-state index in [4.69, 9.17) is 10.5 Å². The fraction of sp³-hybridized carbons (Fsp3) is 0.455. The first-order valence-corrected chi connectivity index (χ1v) is 5.25. The number of ether oxygens (including phenoxy) is 1. The van der Waals surface area contributed by atoms with Gasteiger partial charge in [0, 0.05) is 27.7 Å². The average Bonchev–Trinajstić information content (AvgIpc) is 2.31. The highest BCUT2D eigenvalue weighted by atomic mass is 16.5. The zero-order chi connectivity index (χ0) is 12.8. The van der Waals surface area contributed by atoms with Gasteiger partial charge in [0.05, 0.1) is 11.9 Å². The highest BCUT2D eigenvalue weighted by Gasteiger charge is 2.15. The number of pyridine rings is 1. The summed E-state index contributed by atoms with van der Waals surface area (Å²) in [5.74, 6) is 0.555. The minimum Gasteiger partial charge on any atom is -0.370 e. The van der Waals surface area contributed by atoms with Gasteiger partial charge < -0.3 is 20.7 Å². The van der Waals surface area contributed by atoms with Crippen LogP contribution < -0.4 is 16.0 Å². The van der Waals surface area contributed by atoms with Gasteiger partial charge in [0.2, 0.25) is 0 Å². The number of carbonyl (C=O) groups excluding carboxylic acids is 1. The van der Waals surface area contributed by atoms with Crippen molar-refractivity contribution in [3.63, 3.8) is 0 Å². The maximum absolute atomic E-state index is 11.6. The maximum atomic E-state index is 11.6. The standard InChI is InChI=1S/C11H18N4O2/c1-15(2)10-5-4-8(7-13-10)14-11(16)9(6-12)17-3/h4-5,7,9H,6,12H2,1-3H3,(H,14,16). The first-order valence-electron chi connectivity index (χ1n) is 5.25. The molecule has 0 aliphatic rings. The number of amides is 1. The van der Waals surface area contributed by atoms with E-state index in [2.05, 4.69) is 10.3 Å². The summed E-state index contributed by atoms with van der Waals surface area (Å²) in [6, 6.07) is 3.60. The number of aromatic nitrogens is 1. The van der Waals surface area contributed by atoms with E-state index in [0.717, 1.165) is 5.82 Å². The molecule has 1 rings (SSSR count). The number of nitrogens with zero attached hydrogens (tertiary/aromatic N) is 2. The van der Waals surface area contributed by atoms with Gasteiger partial charge in [-0.15, -0.1) is 0 Å². The van der Waals surface area contributed by atoms with Gasteiger partial charge in [0.25, 0.3) is 5.91 Å². The van der Waals surface area contributed by atoms with Crippen LogP contribution in [0.25, 0.3) is 0 Å². The van der Waals surface area contributed by atoms with E-state index in [-0.39, 0.29) is 12.5 Å². The Labute approximate surface area is 101 Å². The van der Waals surface area contributed by atoms with Crippen molar-refractivity contribution in [3.05, 3.63) is 18.3 Å². The largest absolute Gasteiger partial charge is 0.370 e. The zero-order valence-electron chi connectivity index (χ0n) is 10.3. The Kier molecular flexibility index (Phi) is 4.86. The predicted molar refractivity (Wildman–Crippen MR) is 67.0 cm³/mol. The van der Waals surface area contributed by atoms with Crippen molar-refractivity contribution in [3.8, 4) is 0 Å². The van der Waals surface area contributed by atoms with Gasteiger partial charge >= 0.3 is 0 Å². The molecule has 17 heavy (non-hydrogen) atoms. The van der Waals surface area contributed by atoms with E-state index in [1.165, 1.54) is 7.11 Å². The summed E-state index contributed by atoms with van der Waals surface area (Å²) in [6.45, 7) is 0.144. The number of nitrogens with two attached hydrogens (primary N) is 1. The summed E-state index contributed by atoms with van der Waals surface area (Å²) >= 11 is 0. The van der Waals surface area contributed by atoms with Crippen molar-refractivity contribution in [1.82, 2.24) is 4.98 Å². The van der Waals surface area contributed by atoms with E-state index in [9.17, 15) is 4.79 Å². The number of hydrogen-bond acceptors (Lipinski definition) is 5. The number of carbonyl (C=O) groups is 1. The van der Waals surface area contributed by atoms with Gasteiger partial charge in [0.1, 0.15) is 11.9 Å². The first kappa shape index (κ1) is 13.4. The van der Waals surface area contributed by atoms with Crippen LogP contribution in [0.2, 0.25) is 0 Å². The average molecular weight is 238 g/mol. The minimum atomic E-state index is -0.636. The molecule has 94 valence electrons. The zero-order valence-corrected chi connectivity index (χ0v) is 10.3. The molecule has 0 saturated carbocycles. The summed E-state index contributed by atoms with van der Waals surface area (Å²) in [6.07, 6.45) is 0.958. The highest BCUT2D eigenvalue weighted by Crippen LogP contribution is 2.11. The van der Waals surface area contributed by atoms with Crippen molar-refractivity contribution in [1.29, 1.82) is 0 Å². The third-order valence-electron chi connectivity index (χ3n) is 2.26. The molecule has 0 bridgehead atoms. The summed E-state index contributed by atoms with van der Waals surface area (Å²) < 4.78 is 4.93. The van der Waals surface area contributed by atoms with Crippen LogP contribution in [-0.2, 0) is 9.53 Å². The molecule has 0 aliphatic carbocycles. The Morgan fingerprint density at radius 2 is 2.29 bits per heavy atom. The molecule has 1 heterocycles. The van der Waals surface area contributed by atoms with E-state index in [0.29, 0.717) is 5.69 Å². The van der Waals surface area contributed by atoms with E-state index < -0.39 is 6.10 Å². The van der Waals surface area contributed by atoms with Crippen LogP contribution >= 0.6 is 0 Å². The molecular formula is C11H18N4O2. The maximum Gasteiger partial charge on any atom is 0.254 e. The molecule has 0 radical (unpaired) electrons. The molecule has 0 aromatic carbocycles. The van der Waals surface area contributed by atoms with Crippen LogP contribution in [0.1, 0.15) is 0 Å². The van der Waals surface area contributed by atoms with Gasteiger partial charge in [0.15, 0.2) is 0 Å². The second-order valence-corrected chi connectivity index (χ2v) is 3.75. The third kappa shape index (κ3) is 3.69. The van der Waals surface area contributed by atoms with Crippen molar-refractivity contribution in [2.45, 2.75) is 6.10 Å². The molecule has 1 aromatic rings. The number of nitrogens with one attached hydrogen (secondary N) is 1. The topological polar surface area (TPSA) is 80.5 Å². The van der Waals surface area contributed by atoms with Crippen molar-refractivity contribution in [2.24, 2.45) is 5.73 Å². The predicted octanol–water partition coefficient (Wildman–Crippen LogP) is 0.0598. The van der Waals surface area contributed by atoms with E-state index in [1.54, 1.807) is 12.3 Å². The SMILES string of the molecule is COC(CN)C(=O)Nc1ccc(N(C)C)nc1. The number of anilines is 2. The van der Waals surface area contributed by atoms with Gasteiger partial charge in [-0.25, -0.2) is 4.98 Å². The Morgan fingerprint density at radius 1 is 1.59 bits per heavy atom. The lowest BCUT2D eigenvalue weighted by Crippen LogP contribution is -2.35. The Balaban J connectivity index is 2.66. The second kappa shape index (κ2) is 6.17. The molecule has 1 aromatic heterocycles. The fourth-order valence-corrected chi connectivity index (χ4v) is 1.26. The number of methoxy groups -OCH3 is 1. The Morgan fingerprint density at radius 3 is 2.71 bits per heavy atom. The van der Waals surface area contributed by atoms with E-state index >= 15 is 0 Å². The summed E-state index contributed by atoms with van der Waals surface area (Å²) in [4.78, 5) is 17.7. The van der Waals surface area contributed by atoms with Gasteiger partial charge in [-0.1, -0.05) is 0 Å². The van der Waals surface area contributed by atoms with Crippen LogP contribution in [0.4, 0.5) is 11.5 Å². The lowest BCUT2D eigenvalue weighted by Gasteiger charge is -2.14. The normalized spacial score (nSPS) is 12.0. The van der Waals surface area contributed by atoms with Crippen molar-refractivity contribution >= 4 is 17.4 Å². The molecular weight excluding hydrogens is 220 g/mol. The Bertz CT molecular complexity index is 360. The highest BCUT2D eigenvalue weighted by molar-refractivity contribution is 5.94. The monoisotopic (exact) mass is 238 g/mol. The quantitative estimate of drug-likeness (QED) is 0.758. The van der Waals surface area contributed by atoms with Gasteiger partial charge in [-0.3, -0.25) is 4.79 Å². The van der Waals surface area contributed by atoms with Crippen LogP contribution in [0, 0.1) is 0 Å². The molecule has 0 spiro atoms. The fourth-order valence-electron chi connectivity index (χ4n) is 1.26. The van der Waals surface area contributed by atoms with Crippen molar-refractivity contribution in [2.75, 3.05) is 38.0 Å². The Hall–Kier alpha value is -1.66. The molecule has 1 atom stereocenters. The van der Waals surface area contributed by atoms with Gasteiger partial charge in [-0.05, 0) is 12.1 Å². The summed E-state index contributed by atoms with van der Waals surface area (Å²) in [7, 11) is 5.25. The lowest BCUT2D eigenvalue weighted by molar-refractivity contribution is -0.125. The molecule has 1 unspecified atom stereocenters. The van der Waals surface area contributed by atoms with Gasteiger partial charge in [-0.2, -0.15) is 0 Å². The third-order valence-corrected chi connectivity index (χ3v) is 2.26. The van der Waals surface area contributed by atoms with E-state index in [1.807, 2.05) is 25.1 Å². The molecule has 6 heteroatoms. The molecule has 3 N–H and O–H groups in total. The second-order valence-electron chi connectivity index (χ2n) is 3.75. The smallest absolute Gasteiger partial charge is 0.254 e. The number of rotatable bonds is 5. The first-order chi connectivity index (χ1) is 8.08. The number of hydrogen-bond donors (Lipinski definition) is 2.